The maximum Gasteiger partial charge on any atom is 0.0602 e. The Bertz CT molecular complexity index is 321. The molecule has 1 atom stereocenters. The summed E-state index contributed by atoms with van der Waals surface area (Å²) in [4.78, 5) is 0. The van der Waals surface area contributed by atoms with Gasteiger partial charge < -0.3 is 9.84 Å². The topological polar surface area (TPSA) is 29.5 Å². The van der Waals surface area contributed by atoms with Crippen LogP contribution < -0.4 is 0 Å². The molecule has 0 radical (unpaired) electrons. The minimum atomic E-state index is -0.299. The van der Waals surface area contributed by atoms with Crippen molar-refractivity contribution in [2.24, 2.45) is 0 Å². The molecule has 0 fully saturated rings. The summed E-state index contributed by atoms with van der Waals surface area (Å²) in [5.74, 6) is 0. The first-order valence-electron chi connectivity index (χ1n) is 5.95. The quantitative estimate of drug-likeness (QED) is 0.750. The highest BCUT2D eigenvalue weighted by Crippen LogP contribution is 2.14. The van der Waals surface area contributed by atoms with Gasteiger partial charge in [0.2, 0.25) is 0 Å². The van der Waals surface area contributed by atoms with E-state index in [0.717, 1.165) is 13.0 Å². The standard InChI is InChI=1S/C14H22O2/c1-4-16-8-7-14(15)10-13-9-11(2)5-6-12(13)3/h5-6,9,14-15H,4,7-8,10H2,1-3H3. The number of ether oxygens (including phenoxy) is 1. The molecule has 0 amide bonds. The Morgan fingerprint density at radius 3 is 2.75 bits per heavy atom. The summed E-state index contributed by atoms with van der Waals surface area (Å²) >= 11 is 0. The molecule has 1 N–H and O–H groups in total. The number of hydrogen-bond acceptors (Lipinski definition) is 2. The molecular formula is C14H22O2. The van der Waals surface area contributed by atoms with Crippen LogP contribution in [0.1, 0.15) is 30.0 Å². The highest BCUT2D eigenvalue weighted by molar-refractivity contribution is 5.30. The fourth-order valence-corrected chi connectivity index (χ4v) is 1.74. The van der Waals surface area contributed by atoms with Crippen molar-refractivity contribution in [1.29, 1.82) is 0 Å². The van der Waals surface area contributed by atoms with Crippen LogP contribution in [0.2, 0.25) is 0 Å². The van der Waals surface area contributed by atoms with Gasteiger partial charge in [0.15, 0.2) is 0 Å². The summed E-state index contributed by atoms with van der Waals surface area (Å²) in [7, 11) is 0. The fraction of sp³-hybridized carbons (Fsp3) is 0.571. The summed E-state index contributed by atoms with van der Waals surface area (Å²) in [5, 5.41) is 9.86. The number of aliphatic hydroxyl groups is 1. The van der Waals surface area contributed by atoms with Gasteiger partial charge in [-0.25, -0.2) is 0 Å². The van der Waals surface area contributed by atoms with Crippen molar-refractivity contribution >= 4 is 0 Å². The lowest BCUT2D eigenvalue weighted by atomic mass is 9.99. The molecule has 0 spiro atoms. The zero-order valence-electron chi connectivity index (χ0n) is 10.5. The zero-order chi connectivity index (χ0) is 12.0. The minimum absolute atomic E-state index is 0.299. The molecule has 0 aliphatic rings. The van der Waals surface area contributed by atoms with Crippen molar-refractivity contribution in [2.75, 3.05) is 13.2 Å². The van der Waals surface area contributed by atoms with E-state index in [4.69, 9.17) is 4.74 Å². The van der Waals surface area contributed by atoms with Gasteiger partial charge in [-0.15, -0.1) is 0 Å². The van der Waals surface area contributed by atoms with Gasteiger partial charge >= 0.3 is 0 Å². The second kappa shape index (κ2) is 6.66. The van der Waals surface area contributed by atoms with Crippen molar-refractivity contribution in [3.63, 3.8) is 0 Å². The molecule has 0 saturated heterocycles. The van der Waals surface area contributed by atoms with E-state index in [0.29, 0.717) is 13.0 Å². The third-order valence-electron chi connectivity index (χ3n) is 2.76. The van der Waals surface area contributed by atoms with Gasteiger partial charge in [0.1, 0.15) is 0 Å². The number of benzene rings is 1. The highest BCUT2D eigenvalue weighted by Gasteiger charge is 2.07. The van der Waals surface area contributed by atoms with Crippen LogP contribution in [0.25, 0.3) is 0 Å². The van der Waals surface area contributed by atoms with Crippen molar-refractivity contribution in [3.8, 4) is 0 Å². The van der Waals surface area contributed by atoms with Gasteiger partial charge in [0.05, 0.1) is 6.10 Å². The molecule has 2 heteroatoms. The van der Waals surface area contributed by atoms with Gasteiger partial charge in [0.25, 0.3) is 0 Å². The van der Waals surface area contributed by atoms with Crippen molar-refractivity contribution < 1.29 is 9.84 Å². The van der Waals surface area contributed by atoms with Gasteiger partial charge in [-0.05, 0) is 44.7 Å². The fourth-order valence-electron chi connectivity index (χ4n) is 1.74. The molecule has 0 aliphatic carbocycles. The Kier molecular flexibility index (Phi) is 5.50. The first-order chi connectivity index (χ1) is 7.63. The van der Waals surface area contributed by atoms with Gasteiger partial charge in [-0.1, -0.05) is 23.8 Å². The van der Waals surface area contributed by atoms with Crippen LogP contribution in [0.5, 0.6) is 0 Å². The molecule has 16 heavy (non-hydrogen) atoms. The summed E-state index contributed by atoms with van der Waals surface area (Å²) in [6, 6.07) is 6.37. The van der Waals surface area contributed by atoms with Gasteiger partial charge in [0, 0.05) is 13.2 Å². The summed E-state index contributed by atoms with van der Waals surface area (Å²) in [6.45, 7) is 7.50. The first kappa shape index (κ1) is 13.2. The van der Waals surface area contributed by atoms with Crippen LogP contribution in [0, 0.1) is 13.8 Å². The van der Waals surface area contributed by atoms with Crippen molar-refractivity contribution in [2.45, 2.75) is 39.7 Å². The molecule has 1 rings (SSSR count). The number of hydrogen-bond donors (Lipinski definition) is 1. The lowest BCUT2D eigenvalue weighted by Crippen LogP contribution is -2.14. The van der Waals surface area contributed by atoms with Crippen LogP contribution >= 0.6 is 0 Å². The predicted molar refractivity (Wildman–Crippen MR) is 66.7 cm³/mol. The van der Waals surface area contributed by atoms with Crippen LogP contribution in [0.15, 0.2) is 18.2 Å². The lowest BCUT2D eigenvalue weighted by molar-refractivity contribution is 0.0886. The largest absolute Gasteiger partial charge is 0.393 e. The molecule has 0 bridgehead atoms. The van der Waals surface area contributed by atoms with Crippen molar-refractivity contribution in [3.05, 3.63) is 34.9 Å². The van der Waals surface area contributed by atoms with E-state index in [-0.39, 0.29) is 6.10 Å². The minimum Gasteiger partial charge on any atom is -0.393 e. The van der Waals surface area contributed by atoms with E-state index >= 15 is 0 Å². The van der Waals surface area contributed by atoms with Crippen LogP contribution in [0.3, 0.4) is 0 Å². The third kappa shape index (κ3) is 4.33. The van der Waals surface area contributed by atoms with Crippen molar-refractivity contribution in [1.82, 2.24) is 0 Å². The third-order valence-corrected chi connectivity index (χ3v) is 2.76. The molecule has 1 aromatic rings. The molecular weight excluding hydrogens is 200 g/mol. The Morgan fingerprint density at radius 1 is 1.31 bits per heavy atom. The zero-order valence-corrected chi connectivity index (χ0v) is 10.5. The maximum atomic E-state index is 9.86. The average Bonchev–Trinajstić information content (AvgIpc) is 2.24. The molecule has 2 nitrogen and oxygen atoms in total. The monoisotopic (exact) mass is 222 g/mol. The molecule has 90 valence electrons. The molecule has 1 unspecified atom stereocenters. The van der Waals surface area contributed by atoms with E-state index in [1.165, 1.54) is 16.7 Å². The Morgan fingerprint density at radius 2 is 2.06 bits per heavy atom. The summed E-state index contributed by atoms with van der Waals surface area (Å²) < 4.78 is 5.24. The predicted octanol–water partition coefficient (Wildman–Crippen LogP) is 2.63. The van der Waals surface area contributed by atoms with Crippen LogP contribution in [-0.2, 0) is 11.2 Å². The normalized spacial score (nSPS) is 12.8. The van der Waals surface area contributed by atoms with Gasteiger partial charge in [-0.2, -0.15) is 0 Å². The smallest absolute Gasteiger partial charge is 0.0602 e. The Labute approximate surface area is 98.3 Å². The van der Waals surface area contributed by atoms with Gasteiger partial charge in [-0.3, -0.25) is 0 Å². The maximum absolute atomic E-state index is 9.86. The lowest BCUT2D eigenvalue weighted by Gasteiger charge is -2.13. The summed E-state index contributed by atoms with van der Waals surface area (Å²) in [6.07, 6.45) is 1.13. The van der Waals surface area contributed by atoms with E-state index in [1.54, 1.807) is 0 Å². The average molecular weight is 222 g/mol. The summed E-state index contributed by atoms with van der Waals surface area (Å²) in [5.41, 5.74) is 3.74. The number of aliphatic hydroxyl groups excluding tert-OH is 1. The number of rotatable bonds is 6. The van der Waals surface area contributed by atoms with E-state index in [1.807, 2.05) is 6.92 Å². The molecule has 0 aromatic heterocycles. The first-order valence-corrected chi connectivity index (χ1v) is 5.95. The molecule has 0 saturated carbocycles. The SMILES string of the molecule is CCOCCC(O)Cc1cc(C)ccc1C. The molecule has 1 aromatic carbocycles. The van der Waals surface area contributed by atoms with E-state index in [9.17, 15) is 5.11 Å². The highest BCUT2D eigenvalue weighted by atomic mass is 16.5. The van der Waals surface area contributed by atoms with Crippen LogP contribution in [-0.4, -0.2) is 24.4 Å². The molecule has 0 aliphatic heterocycles. The number of aryl methyl sites for hydroxylation is 2. The Hall–Kier alpha value is -0.860. The van der Waals surface area contributed by atoms with E-state index < -0.39 is 0 Å². The second-order valence-corrected chi connectivity index (χ2v) is 4.27. The van der Waals surface area contributed by atoms with Crippen LogP contribution in [0.4, 0.5) is 0 Å². The second-order valence-electron chi connectivity index (χ2n) is 4.27. The molecule has 0 heterocycles. The Balaban J connectivity index is 2.48. The van der Waals surface area contributed by atoms with E-state index in [2.05, 4.69) is 32.0 Å².